The topological polar surface area (TPSA) is 30.5 Å². The van der Waals surface area contributed by atoms with Crippen molar-refractivity contribution in [3.63, 3.8) is 0 Å². The Balaban J connectivity index is 2.17. The minimum Gasteiger partial charge on any atom is -0.490 e. The lowest BCUT2D eigenvalue weighted by molar-refractivity contribution is 0.295. The molecule has 0 saturated heterocycles. The zero-order chi connectivity index (χ0) is 17.5. The average Bonchev–Trinajstić information content (AvgIpc) is 2.55. The highest BCUT2D eigenvalue weighted by Gasteiger charge is 2.12. The van der Waals surface area contributed by atoms with E-state index in [0.29, 0.717) is 25.5 Å². The van der Waals surface area contributed by atoms with Gasteiger partial charge in [0.1, 0.15) is 6.61 Å². The molecule has 0 spiro atoms. The van der Waals surface area contributed by atoms with Gasteiger partial charge in [-0.15, -0.1) is 0 Å². The summed E-state index contributed by atoms with van der Waals surface area (Å²) >= 11 is 3.58. The lowest BCUT2D eigenvalue weighted by atomic mass is 10.1. The second kappa shape index (κ2) is 8.78. The van der Waals surface area contributed by atoms with E-state index >= 15 is 0 Å². The fraction of sp³-hybridized carbons (Fsp3) is 0.300. The van der Waals surface area contributed by atoms with Gasteiger partial charge < -0.3 is 14.8 Å². The molecule has 0 heterocycles. The van der Waals surface area contributed by atoms with E-state index in [1.54, 1.807) is 6.08 Å². The molecular weight excluding hydrogens is 366 g/mol. The number of benzene rings is 2. The molecule has 0 amide bonds. The third-order valence-corrected chi connectivity index (χ3v) is 4.31. The van der Waals surface area contributed by atoms with Crippen molar-refractivity contribution >= 4 is 21.6 Å². The normalized spacial score (nSPS) is 10.3. The quantitative estimate of drug-likeness (QED) is 0.592. The van der Waals surface area contributed by atoms with Gasteiger partial charge >= 0.3 is 0 Å². The molecule has 0 saturated carbocycles. The first-order valence-corrected chi connectivity index (χ1v) is 8.84. The van der Waals surface area contributed by atoms with Crippen LogP contribution < -0.4 is 14.8 Å². The lowest BCUT2D eigenvalue weighted by Gasteiger charge is -2.15. The van der Waals surface area contributed by atoms with Crippen LogP contribution in [0.25, 0.3) is 0 Å². The molecule has 0 atom stereocenters. The van der Waals surface area contributed by atoms with E-state index in [0.717, 1.165) is 21.5 Å². The summed E-state index contributed by atoms with van der Waals surface area (Å²) in [6, 6.07) is 10.5. The fourth-order valence-electron chi connectivity index (χ4n) is 2.32. The molecule has 0 unspecified atom stereocenters. The highest BCUT2D eigenvalue weighted by Crippen LogP contribution is 2.37. The third-order valence-electron chi connectivity index (χ3n) is 3.72. The minimum absolute atomic E-state index is 0.443. The second-order valence-corrected chi connectivity index (χ2v) is 6.44. The first-order valence-electron chi connectivity index (χ1n) is 8.05. The molecule has 128 valence electrons. The fourth-order valence-corrected chi connectivity index (χ4v) is 2.93. The molecule has 0 radical (unpaired) electrons. The molecule has 0 aliphatic heterocycles. The Morgan fingerprint density at radius 1 is 1.12 bits per heavy atom. The van der Waals surface area contributed by atoms with E-state index in [2.05, 4.69) is 65.9 Å². The van der Waals surface area contributed by atoms with Gasteiger partial charge in [0.25, 0.3) is 0 Å². The van der Waals surface area contributed by atoms with Crippen LogP contribution in [0.2, 0.25) is 0 Å². The van der Waals surface area contributed by atoms with Gasteiger partial charge in [-0.3, -0.25) is 0 Å². The smallest absolute Gasteiger partial charge is 0.175 e. The first-order chi connectivity index (χ1) is 11.5. The number of anilines is 1. The summed E-state index contributed by atoms with van der Waals surface area (Å²) in [6.07, 6.45) is 1.72. The van der Waals surface area contributed by atoms with E-state index in [1.165, 1.54) is 11.1 Å². The molecule has 4 heteroatoms. The first kappa shape index (κ1) is 18.4. The number of nitrogens with one attached hydrogen (secondary N) is 1. The number of ether oxygens (including phenoxy) is 2. The van der Waals surface area contributed by atoms with Crippen molar-refractivity contribution < 1.29 is 9.47 Å². The van der Waals surface area contributed by atoms with Crippen LogP contribution in [0.15, 0.2) is 47.5 Å². The molecule has 0 aliphatic carbocycles. The van der Waals surface area contributed by atoms with Gasteiger partial charge in [-0.1, -0.05) is 18.7 Å². The van der Waals surface area contributed by atoms with Crippen LogP contribution in [-0.4, -0.2) is 13.2 Å². The molecule has 0 aliphatic rings. The third kappa shape index (κ3) is 4.78. The monoisotopic (exact) mass is 389 g/mol. The summed E-state index contributed by atoms with van der Waals surface area (Å²) in [5, 5.41) is 3.45. The van der Waals surface area contributed by atoms with Crippen molar-refractivity contribution in [2.24, 2.45) is 0 Å². The predicted octanol–water partition coefficient (Wildman–Crippen LogP) is 5.64. The van der Waals surface area contributed by atoms with Crippen molar-refractivity contribution in [3.05, 3.63) is 64.1 Å². The van der Waals surface area contributed by atoms with E-state index < -0.39 is 0 Å². The molecule has 0 aromatic heterocycles. The van der Waals surface area contributed by atoms with Gasteiger partial charge in [0.05, 0.1) is 11.1 Å². The highest BCUT2D eigenvalue weighted by atomic mass is 79.9. The maximum absolute atomic E-state index is 5.73. The van der Waals surface area contributed by atoms with Crippen molar-refractivity contribution in [1.82, 2.24) is 0 Å². The van der Waals surface area contributed by atoms with E-state index in [9.17, 15) is 0 Å². The van der Waals surface area contributed by atoms with Crippen molar-refractivity contribution in [3.8, 4) is 11.5 Å². The number of hydrogen-bond donors (Lipinski definition) is 1. The summed E-state index contributed by atoms with van der Waals surface area (Å²) in [6.45, 7) is 11.6. The van der Waals surface area contributed by atoms with Crippen LogP contribution in [-0.2, 0) is 6.54 Å². The zero-order valence-corrected chi connectivity index (χ0v) is 16.1. The molecule has 2 aromatic rings. The van der Waals surface area contributed by atoms with Crippen LogP contribution in [0.3, 0.4) is 0 Å². The molecule has 2 aromatic carbocycles. The Kier molecular flexibility index (Phi) is 6.73. The Morgan fingerprint density at radius 3 is 2.58 bits per heavy atom. The molecule has 1 N–H and O–H groups in total. The largest absolute Gasteiger partial charge is 0.490 e. The van der Waals surface area contributed by atoms with Gasteiger partial charge in [-0.25, -0.2) is 0 Å². The molecule has 0 bridgehead atoms. The Hall–Kier alpha value is -1.94. The van der Waals surface area contributed by atoms with E-state index in [-0.39, 0.29) is 0 Å². The number of rotatable bonds is 8. The predicted molar refractivity (Wildman–Crippen MR) is 104 cm³/mol. The van der Waals surface area contributed by atoms with Crippen molar-refractivity contribution in [2.45, 2.75) is 27.3 Å². The number of aryl methyl sites for hydroxylation is 2. The standard InChI is InChI=1S/C20H24BrNO2/c1-5-9-24-20-18(21)11-16(12-19(20)23-6-2)13-22-17-8-7-14(3)15(4)10-17/h5,7-8,10-12,22H,1,6,9,13H2,2-4H3. The molecule has 3 nitrogen and oxygen atoms in total. The van der Waals surface area contributed by atoms with E-state index in [4.69, 9.17) is 9.47 Å². The van der Waals surface area contributed by atoms with Crippen LogP contribution in [0, 0.1) is 13.8 Å². The van der Waals surface area contributed by atoms with Crippen LogP contribution in [0.1, 0.15) is 23.6 Å². The SMILES string of the molecule is C=CCOc1c(Br)cc(CNc2ccc(C)c(C)c2)cc1OCC. The van der Waals surface area contributed by atoms with Gasteiger partial charge in [-0.2, -0.15) is 0 Å². The maximum atomic E-state index is 5.73. The van der Waals surface area contributed by atoms with Crippen molar-refractivity contribution in [1.29, 1.82) is 0 Å². The molecule has 2 rings (SSSR count). The summed E-state index contributed by atoms with van der Waals surface area (Å²) < 4.78 is 12.3. The Morgan fingerprint density at radius 2 is 1.92 bits per heavy atom. The second-order valence-electron chi connectivity index (χ2n) is 5.59. The van der Waals surface area contributed by atoms with Gasteiger partial charge in [0.2, 0.25) is 0 Å². The summed E-state index contributed by atoms with van der Waals surface area (Å²) in [5.41, 5.74) is 4.81. The molecule has 24 heavy (non-hydrogen) atoms. The van der Waals surface area contributed by atoms with Crippen LogP contribution >= 0.6 is 15.9 Å². The van der Waals surface area contributed by atoms with Gasteiger partial charge in [-0.05, 0) is 77.7 Å². The maximum Gasteiger partial charge on any atom is 0.175 e. The van der Waals surface area contributed by atoms with Crippen LogP contribution in [0.5, 0.6) is 11.5 Å². The summed E-state index contributed by atoms with van der Waals surface area (Å²) in [7, 11) is 0. The minimum atomic E-state index is 0.443. The van der Waals surface area contributed by atoms with E-state index in [1.807, 2.05) is 13.0 Å². The Bertz CT molecular complexity index is 713. The summed E-state index contributed by atoms with van der Waals surface area (Å²) in [4.78, 5) is 0. The zero-order valence-electron chi connectivity index (χ0n) is 14.5. The van der Waals surface area contributed by atoms with Gasteiger partial charge in [0, 0.05) is 12.2 Å². The van der Waals surface area contributed by atoms with Crippen molar-refractivity contribution in [2.75, 3.05) is 18.5 Å². The lowest BCUT2D eigenvalue weighted by Crippen LogP contribution is -2.04. The van der Waals surface area contributed by atoms with Crippen LogP contribution in [0.4, 0.5) is 5.69 Å². The summed E-state index contributed by atoms with van der Waals surface area (Å²) in [5.74, 6) is 1.46. The number of hydrogen-bond acceptors (Lipinski definition) is 3. The average molecular weight is 390 g/mol. The highest BCUT2D eigenvalue weighted by molar-refractivity contribution is 9.10. The Labute approximate surface area is 152 Å². The van der Waals surface area contributed by atoms with Gasteiger partial charge in [0.15, 0.2) is 11.5 Å². The molecule has 0 fully saturated rings. The molecular formula is C20H24BrNO2. The number of halogens is 1.